The van der Waals surface area contributed by atoms with E-state index in [9.17, 15) is 14.0 Å². The van der Waals surface area contributed by atoms with Crippen LogP contribution in [0.2, 0.25) is 10.0 Å². The second-order valence-corrected chi connectivity index (χ2v) is 11.8. The molecule has 0 saturated carbocycles. The second kappa shape index (κ2) is 11.3. The van der Waals surface area contributed by atoms with Gasteiger partial charge in [-0.25, -0.2) is 13.9 Å². The van der Waals surface area contributed by atoms with Crippen molar-refractivity contribution in [3.8, 4) is 5.69 Å². The Morgan fingerprint density at radius 2 is 1.70 bits per heavy atom. The molecule has 10 heteroatoms. The molecule has 0 bridgehead atoms. The minimum absolute atomic E-state index is 0.147. The Morgan fingerprint density at radius 1 is 1.00 bits per heavy atom. The molecule has 2 aliphatic heterocycles. The van der Waals surface area contributed by atoms with Gasteiger partial charge >= 0.3 is 6.09 Å². The molecular formula is C30H31Cl2FN4O3. The summed E-state index contributed by atoms with van der Waals surface area (Å²) in [5, 5.41) is 5.61. The molecule has 0 radical (unpaired) electrons. The number of halogens is 3. The van der Waals surface area contributed by atoms with Crippen LogP contribution in [-0.4, -0.2) is 56.8 Å². The maximum Gasteiger partial charge on any atom is 0.414 e. The number of amides is 2. The van der Waals surface area contributed by atoms with Gasteiger partial charge in [0.1, 0.15) is 11.4 Å². The molecule has 5 rings (SSSR count). The van der Waals surface area contributed by atoms with Crippen molar-refractivity contribution in [2.75, 3.05) is 19.6 Å². The number of hydrogen-bond acceptors (Lipinski definition) is 4. The van der Waals surface area contributed by atoms with Crippen LogP contribution in [0.15, 0.2) is 42.5 Å². The maximum atomic E-state index is 13.8. The third kappa shape index (κ3) is 5.88. The van der Waals surface area contributed by atoms with Gasteiger partial charge in [0, 0.05) is 30.2 Å². The fraction of sp³-hybridized carbons (Fsp3) is 0.367. The Bertz CT molecular complexity index is 1470. The second-order valence-electron chi connectivity index (χ2n) is 11.0. The number of ether oxygens (including phenoxy) is 1. The molecule has 1 saturated heterocycles. The number of aromatic nitrogens is 2. The summed E-state index contributed by atoms with van der Waals surface area (Å²) < 4.78 is 21.1. The van der Waals surface area contributed by atoms with Crippen molar-refractivity contribution in [3.05, 3.63) is 80.8 Å². The fourth-order valence-corrected chi connectivity index (χ4v) is 5.53. The van der Waals surface area contributed by atoms with Crippen LogP contribution in [0.25, 0.3) is 17.5 Å². The Balaban J connectivity index is 1.73. The van der Waals surface area contributed by atoms with E-state index in [2.05, 4.69) is 0 Å². The van der Waals surface area contributed by atoms with Crippen molar-refractivity contribution in [2.45, 2.75) is 52.1 Å². The lowest BCUT2D eigenvalue weighted by Crippen LogP contribution is -2.40. The first-order valence-electron chi connectivity index (χ1n) is 13.4. The smallest absolute Gasteiger partial charge is 0.414 e. The summed E-state index contributed by atoms with van der Waals surface area (Å²) in [4.78, 5) is 30.6. The number of nitrogens with zero attached hydrogens (tertiary/aromatic N) is 4. The van der Waals surface area contributed by atoms with Crippen molar-refractivity contribution in [2.24, 2.45) is 0 Å². The van der Waals surface area contributed by atoms with Gasteiger partial charge in [0.15, 0.2) is 5.69 Å². The molecule has 40 heavy (non-hydrogen) atoms. The first-order valence-corrected chi connectivity index (χ1v) is 14.1. The molecule has 1 aromatic heterocycles. The Kier molecular flexibility index (Phi) is 7.93. The van der Waals surface area contributed by atoms with E-state index in [0.29, 0.717) is 57.9 Å². The molecule has 2 aromatic carbocycles. The summed E-state index contributed by atoms with van der Waals surface area (Å²) in [6.45, 7) is 7.02. The number of hydrogen-bond donors (Lipinski definition) is 0. The highest BCUT2D eigenvalue weighted by Gasteiger charge is 2.37. The molecular weight excluding hydrogens is 554 g/mol. The highest BCUT2D eigenvalue weighted by molar-refractivity contribution is 6.35. The van der Waals surface area contributed by atoms with Crippen LogP contribution < -0.4 is 0 Å². The van der Waals surface area contributed by atoms with Gasteiger partial charge < -0.3 is 9.64 Å². The topological polar surface area (TPSA) is 67.7 Å². The highest BCUT2D eigenvalue weighted by Crippen LogP contribution is 2.38. The summed E-state index contributed by atoms with van der Waals surface area (Å²) in [6, 6.07) is 11.0. The van der Waals surface area contributed by atoms with E-state index >= 15 is 0 Å². The number of carbonyl (C=O) groups excluding carboxylic acids is 2. The third-order valence-corrected chi connectivity index (χ3v) is 7.41. The van der Waals surface area contributed by atoms with Crippen LogP contribution >= 0.6 is 23.2 Å². The summed E-state index contributed by atoms with van der Waals surface area (Å²) in [5.41, 5.74) is 2.51. The summed E-state index contributed by atoms with van der Waals surface area (Å²) >= 11 is 12.8. The molecule has 0 aliphatic carbocycles. The van der Waals surface area contributed by atoms with E-state index < -0.39 is 11.7 Å². The molecule has 7 nitrogen and oxygen atoms in total. The normalized spacial score (nSPS) is 16.7. The lowest BCUT2D eigenvalue weighted by molar-refractivity contribution is 0.0351. The van der Waals surface area contributed by atoms with Crippen LogP contribution in [0.4, 0.5) is 9.18 Å². The molecule has 0 N–H and O–H groups in total. The molecule has 2 aliphatic rings. The van der Waals surface area contributed by atoms with E-state index in [1.54, 1.807) is 61.9 Å². The first-order chi connectivity index (χ1) is 19.0. The minimum Gasteiger partial charge on any atom is -0.443 e. The molecule has 2 amide bonds. The van der Waals surface area contributed by atoms with Gasteiger partial charge in [0.25, 0.3) is 5.91 Å². The molecule has 0 unspecified atom stereocenters. The highest BCUT2D eigenvalue weighted by atomic mass is 35.5. The van der Waals surface area contributed by atoms with E-state index in [4.69, 9.17) is 33.0 Å². The van der Waals surface area contributed by atoms with E-state index in [-0.39, 0.29) is 18.3 Å². The van der Waals surface area contributed by atoms with Crippen LogP contribution in [0.3, 0.4) is 0 Å². The van der Waals surface area contributed by atoms with Crippen LogP contribution in [0.5, 0.6) is 0 Å². The monoisotopic (exact) mass is 584 g/mol. The zero-order valence-corrected chi connectivity index (χ0v) is 24.2. The van der Waals surface area contributed by atoms with Gasteiger partial charge in [0.2, 0.25) is 0 Å². The molecule has 1 fully saturated rings. The first kappa shape index (κ1) is 28.2. The molecule has 3 heterocycles. The quantitative estimate of drug-likeness (QED) is 0.325. The van der Waals surface area contributed by atoms with E-state index in [1.165, 1.54) is 17.0 Å². The Labute approximate surface area is 243 Å². The Morgan fingerprint density at radius 3 is 2.35 bits per heavy atom. The summed E-state index contributed by atoms with van der Waals surface area (Å²) in [5.74, 6) is -0.519. The summed E-state index contributed by atoms with van der Waals surface area (Å²) in [6.07, 6.45) is 4.60. The van der Waals surface area contributed by atoms with Crippen molar-refractivity contribution < 1.29 is 18.7 Å². The van der Waals surface area contributed by atoms with Gasteiger partial charge in [-0.15, -0.1) is 0 Å². The number of piperidine rings is 1. The maximum absolute atomic E-state index is 13.8. The van der Waals surface area contributed by atoms with Gasteiger partial charge in [-0.05, 0) is 88.4 Å². The minimum atomic E-state index is -0.729. The SMILES string of the molecule is CC(C)(C)OC(=O)N1CCc2c(C(=O)N3CCCCC3)nn(-c3ccc(Cl)cc3Cl)c2/C1=C/c1ccc(F)cc1. The van der Waals surface area contributed by atoms with Gasteiger partial charge in [0.05, 0.1) is 22.1 Å². The summed E-state index contributed by atoms with van der Waals surface area (Å²) in [7, 11) is 0. The van der Waals surface area contributed by atoms with E-state index in [0.717, 1.165) is 24.8 Å². The third-order valence-electron chi connectivity index (χ3n) is 6.87. The lowest BCUT2D eigenvalue weighted by Gasteiger charge is -2.33. The van der Waals surface area contributed by atoms with Crippen LogP contribution in [0.1, 0.15) is 67.3 Å². The van der Waals surface area contributed by atoms with Crippen molar-refractivity contribution in [1.29, 1.82) is 0 Å². The molecule has 3 aromatic rings. The lowest BCUT2D eigenvalue weighted by atomic mass is 9.98. The van der Waals surface area contributed by atoms with Crippen LogP contribution in [-0.2, 0) is 11.2 Å². The van der Waals surface area contributed by atoms with Crippen molar-refractivity contribution >= 4 is 47.0 Å². The van der Waals surface area contributed by atoms with Crippen LogP contribution in [0, 0.1) is 5.82 Å². The number of likely N-dealkylation sites (tertiary alicyclic amines) is 1. The fourth-order valence-electron chi connectivity index (χ4n) is 5.04. The largest absolute Gasteiger partial charge is 0.443 e. The zero-order valence-electron chi connectivity index (χ0n) is 22.7. The van der Waals surface area contributed by atoms with Gasteiger partial charge in [-0.1, -0.05) is 35.3 Å². The molecule has 0 atom stereocenters. The number of benzene rings is 2. The average Bonchev–Trinajstić information content (AvgIpc) is 3.29. The standard InChI is InChI=1S/C30H31Cl2FN4O3/c1-30(2,3)40-29(39)36-16-13-22-26(28(38)35-14-5-4-6-15-35)34-37(24-12-9-20(31)18-23(24)32)27(22)25(36)17-19-7-10-21(33)11-8-19/h7-12,17-18H,4-6,13-16H2,1-3H3/b25-17-. The predicted octanol–water partition coefficient (Wildman–Crippen LogP) is 7.24. The van der Waals surface area contributed by atoms with Gasteiger partial charge in [-0.2, -0.15) is 5.10 Å². The number of carbonyl (C=O) groups is 2. The van der Waals surface area contributed by atoms with Gasteiger partial charge in [-0.3, -0.25) is 9.69 Å². The number of fused-ring (bicyclic) bond motifs is 1. The van der Waals surface area contributed by atoms with E-state index in [1.807, 2.05) is 4.90 Å². The molecule has 0 spiro atoms. The van der Waals surface area contributed by atoms with Crippen molar-refractivity contribution in [1.82, 2.24) is 19.6 Å². The van der Waals surface area contributed by atoms with Crippen molar-refractivity contribution in [3.63, 3.8) is 0 Å². The predicted molar refractivity (Wildman–Crippen MR) is 154 cm³/mol. The Hall–Kier alpha value is -3.36. The zero-order chi connectivity index (χ0) is 28.6. The average molecular weight is 586 g/mol. The molecule has 210 valence electrons. The number of rotatable bonds is 3.